The van der Waals surface area contributed by atoms with E-state index in [1.807, 2.05) is 18.2 Å². The Bertz CT molecular complexity index is 646. The zero-order chi connectivity index (χ0) is 15.2. The lowest BCUT2D eigenvalue weighted by Crippen LogP contribution is -2.38. The molecule has 0 saturated heterocycles. The molecule has 0 aliphatic heterocycles. The minimum absolute atomic E-state index is 0.00652. The van der Waals surface area contributed by atoms with Crippen molar-refractivity contribution in [1.29, 1.82) is 0 Å². The highest BCUT2D eigenvalue weighted by Crippen LogP contribution is 2.10. The van der Waals surface area contributed by atoms with Gasteiger partial charge in [0.1, 0.15) is 6.61 Å². The largest absolute Gasteiger partial charge is 0.477 e. The summed E-state index contributed by atoms with van der Waals surface area (Å²) >= 11 is 0. The average Bonchev–Trinajstić information content (AvgIpc) is 2.53. The first-order valence-electron chi connectivity index (χ1n) is 6.04. The van der Waals surface area contributed by atoms with Gasteiger partial charge in [-0.1, -0.05) is 36.4 Å². The van der Waals surface area contributed by atoms with E-state index in [4.69, 9.17) is 15.7 Å². The lowest BCUT2D eigenvalue weighted by Gasteiger charge is -2.15. The van der Waals surface area contributed by atoms with Gasteiger partial charge in [-0.25, -0.2) is 20.4 Å². The lowest BCUT2D eigenvalue weighted by atomic mass is 10.2. The van der Waals surface area contributed by atoms with Crippen LogP contribution >= 0.6 is 0 Å². The first-order chi connectivity index (χ1) is 10.1. The Morgan fingerprint density at radius 1 is 1.14 bits per heavy atom. The Kier molecular flexibility index (Phi) is 4.47. The Balaban J connectivity index is 2.02. The van der Waals surface area contributed by atoms with Crippen molar-refractivity contribution in [3.63, 3.8) is 0 Å². The number of nitrogens with two attached hydrogens (primary N) is 1. The third kappa shape index (κ3) is 3.77. The molecule has 0 bridgehead atoms. The fourth-order valence-electron chi connectivity index (χ4n) is 1.56. The lowest BCUT2D eigenvalue weighted by molar-refractivity contribution is 0.0690. The van der Waals surface area contributed by atoms with Gasteiger partial charge in [-0.3, -0.25) is 0 Å². The van der Waals surface area contributed by atoms with Gasteiger partial charge < -0.3 is 9.84 Å². The van der Waals surface area contributed by atoms with Gasteiger partial charge in [0.25, 0.3) is 0 Å². The Morgan fingerprint density at radius 2 is 1.86 bits per heavy atom. The van der Waals surface area contributed by atoms with Crippen molar-refractivity contribution >= 4 is 17.9 Å². The highest BCUT2D eigenvalue weighted by Gasteiger charge is 2.16. The number of carbonyl (C=O) groups excluding carboxylic acids is 1. The Morgan fingerprint density at radius 3 is 2.52 bits per heavy atom. The molecule has 1 amide bonds. The number of hydrazine groups is 1. The Labute approximate surface area is 120 Å². The number of carboxylic acids is 1. The monoisotopic (exact) mass is 287 g/mol. The predicted octanol–water partition coefficient (Wildman–Crippen LogP) is 1.80. The summed E-state index contributed by atoms with van der Waals surface area (Å²) in [6.07, 6.45) is -0.825. The van der Waals surface area contributed by atoms with Crippen LogP contribution in [0.2, 0.25) is 0 Å². The maximum absolute atomic E-state index is 11.8. The summed E-state index contributed by atoms with van der Waals surface area (Å²) in [6, 6.07) is 13.3. The third-order valence-corrected chi connectivity index (χ3v) is 2.60. The van der Waals surface area contributed by atoms with E-state index < -0.39 is 12.1 Å². The third-order valence-electron chi connectivity index (χ3n) is 2.60. The first-order valence-corrected chi connectivity index (χ1v) is 6.04. The molecular formula is C14H13N3O4. The number of ether oxygens (including phenoxy) is 1. The second kappa shape index (κ2) is 6.49. The quantitative estimate of drug-likeness (QED) is 0.504. The van der Waals surface area contributed by atoms with E-state index in [1.165, 1.54) is 18.2 Å². The fourth-order valence-corrected chi connectivity index (χ4v) is 1.56. The van der Waals surface area contributed by atoms with Crippen molar-refractivity contribution in [2.45, 2.75) is 6.61 Å². The standard InChI is InChI=1S/C14H13N3O4/c15-17(12-8-4-7-11(16-12)13(18)19)14(20)21-9-10-5-2-1-3-6-10/h1-8H,9,15H2,(H,18,19). The number of pyridine rings is 1. The van der Waals surface area contributed by atoms with E-state index in [0.29, 0.717) is 5.01 Å². The number of amides is 1. The molecule has 1 heterocycles. The van der Waals surface area contributed by atoms with Crippen LogP contribution in [0, 0.1) is 0 Å². The molecule has 0 unspecified atom stereocenters. The molecule has 0 spiro atoms. The molecule has 0 aliphatic rings. The van der Waals surface area contributed by atoms with Crippen LogP contribution < -0.4 is 10.9 Å². The van der Waals surface area contributed by atoms with Crippen LogP contribution in [-0.4, -0.2) is 22.2 Å². The minimum Gasteiger partial charge on any atom is -0.477 e. The van der Waals surface area contributed by atoms with Crippen LogP contribution in [-0.2, 0) is 11.3 Å². The summed E-state index contributed by atoms with van der Waals surface area (Å²) in [4.78, 5) is 26.4. The van der Waals surface area contributed by atoms with Crippen molar-refractivity contribution in [1.82, 2.24) is 4.98 Å². The number of aromatic carboxylic acids is 1. The van der Waals surface area contributed by atoms with Gasteiger partial charge in [-0.05, 0) is 17.7 Å². The summed E-state index contributed by atoms with van der Waals surface area (Å²) < 4.78 is 5.02. The topological polar surface area (TPSA) is 106 Å². The number of carboxylic acid groups (broad SMARTS) is 1. The van der Waals surface area contributed by atoms with Gasteiger partial charge in [-0.15, -0.1) is 0 Å². The molecule has 1 aromatic carbocycles. The maximum atomic E-state index is 11.8. The normalized spacial score (nSPS) is 9.95. The van der Waals surface area contributed by atoms with E-state index in [2.05, 4.69) is 4.98 Å². The fraction of sp³-hybridized carbons (Fsp3) is 0.0714. The predicted molar refractivity (Wildman–Crippen MR) is 74.5 cm³/mol. The summed E-state index contributed by atoms with van der Waals surface area (Å²) in [5, 5.41) is 9.51. The minimum atomic E-state index is -1.21. The smallest absolute Gasteiger partial charge is 0.430 e. The van der Waals surface area contributed by atoms with Crippen molar-refractivity contribution in [3.05, 3.63) is 59.8 Å². The molecule has 21 heavy (non-hydrogen) atoms. The number of hydrogen-bond donors (Lipinski definition) is 2. The van der Waals surface area contributed by atoms with E-state index >= 15 is 0 Å². The SMILES string of the molecule is NN(C(=O)OCc1ccccc1)c1cccc(C(=O)O)n1. The number of nitrogens with zero attached hydrogens (tertiary/aromatic N) is 2. The van der Waals surface area contributed by atoms with Crippen LogP contribution in [0.4, 0.5) is 10.6 Å². The van der Waals surface area contributed by atoms with E-state index in [-0.39, 0.29) is 18.1 Å². The maximum Gasteiger partial charge on any atom is 0.430 e. The number of carbonyl (C=O) groups is 2. The van der Waals surface area contributed by atoms with Gasteiger partial charge >= 0.3 is 12.1 Å². The zero-order valence-electron chi connectivity index (χ0n) is 11.0. The number of rotatable bonds is 4. The number of anilines is 1. The molecule has 2 aromatic rings. The molecule has 0 atom stereocenters. The van der Waals surface area contributed by atoms with E-state index in [1.54, 1.807) is 12.1 Å². The van der Waals surface area contributed by atoms with Crippen LogP contribution in [0.15, 0.2) is 48.5 Å². The number of benzene rings is 1. The second-order valence-corrected chi connectivity index (χ2v) is 4.10. The second-order valence-electron chi connectivity index (χ2n) is 4.10. The van der Waals surface area contributed by atoms with Crippen LogP contribution in [0.3, 0.4) is 0 Å². The van der Waals surface area contributed by atoms with Gasteiger partial charge in [0.05, 0.1) is 0 Å². The molecule has 1 aromatic heterocycles. The van der Waals surface area contributed by atoms with Gasteiger partial charge in [-0.2, -0.15) is 5.01 Å². The van der Waals surface area contributed by atoms with Gasteiger partial charge in [0, 0.05) is 0 Å². The summed E-state index contributed by atoms with van der Waals surface area (Å²) in [5.74, 6) is 4.36. The molecule has 0 aliphatic carbocycles. The highest BCUT2D eigenvalue weighted by molar-refractivity contribution is 5.88. The summed E-state index contributed by atoms with van der Waals surface area (Å²) in [7, 11) is 0. The number of hydrogen-bond acceptors (Lipinski definition) is 5. The summed E-state index contributed by atoms with van der Waals surface area (Å²) in [6.45, 7) is 0.0615. The first kappa shape index (κ1) is 14.5. The molecule has 0 radical (unpaired) electrons. The molecule has 2 rings (SSSR count). The number of aromatic nitrogens is 1. The van der Waals surface area contributed by atoms with Crippen molar-refractivity contribution < 1.29 is 19.4 Å². The highest BCUT2D eigenvalue weighted by atomic mass is 16.6. The molecule has 108 valence electrons. The van der Waals surface area contributed by atoms with Crippen LogP contribution in [0.1, 0.15) is 16.1 Å². The zero-order valence-corrected chi connectivity index (χ0v) is 11.0. The van der Waals surface area contributed by atoms with Crippen LogP contribution in [0.5, 0.6) is 0 Å². The van der Waals surface area contributed by atoms with Crippen molar-refractivity contribution in [3.8, 4) is 0 Å². The van der Waals surface area contributed by atoms with E-state index in [0.717, 1.165) is 5.56 Å². The van der Waals surface area contributed by atoms with Crippen molar-refractivity contribution in [2.75, 3.05) is 5.01 Å². The van der Waals surface area contributed by atoms with Crippen molar-refractivity contribution in [2.24, 2.45) is 5.84 Å². The summed E-state index contributed by atoms with van der Waals surface area (Å²) in [5.41, 5.74) is 0.602. The Hall–Kier alpha value is -2.93. The van der Waals surface area contributed by atoms with Gasteiger partial charge in [0.15, 0.2) is 11.5 Å². The van der Waals surface area contributed by atoms with Crippen LogP contribution in [0.25, 0.3) is 0 Å². The molecule has 0 fully saturated rings. The molecule has 7 nitrogen and oxygen atoms in total. The molecule has 3 N–H and O–H groups in total. The van der Waals surface area contributed by atoms with Gasteiger partial charge in [0.2, 0.25) is 0 Å². The molecule has 0 saturated carbocycles. The molecular weight excluding hydrogens is 274 g/mol. The molecule has 7 heteroatoms. The van der Waals surface area contributed by atoms with E-state index in [9.17, 15) is 9.59 Å². The average molecular weight is 287 g/mol.